The molecule has 0 atom stereocenters. The largest absolute Gasteiger partial charge is 0.359 e. The van der Waals surface area contributed by atoms with Crippen LogP contribution >= 0.6 is 0 Å². The Hall–Kier alpha value is -3.08. The first-order valence-electron chi connectivity index (χ1n) is 9.49. The summed E-state index contributed by atoms with van der Waals surface area (Å²) < 4.78 is 0. The molecule has 2 N–H and O–H groups in total. The minimum atomic E-state index is 0.0235. The Kier molecular flexibility index (Phi) is 5.19. The van der Waals surface area contributed by atoms with Crippen molar-refractivity contribution < 1.29 is 4.79 Å². The van der Waals surface area contributed by atoms with Crippen LogP contribution in [-0.4, -0.2) is 40.5 Å². The summed E-state index contributed by atoms with van der Waals surface area (Å²) in [5.41, 5.74) is 5.76. The van der Waals surface area contributed by atoms with Gasteiger partial charge in [0.05, 0.1) is 11.0 Å². The molecule has 2 amide bonds. The number of H-pyrrole nitrogens is 1. The van der Waals surface area contributed by atoms with Gasteiger partial charge in [-0.3, -0.25) is 4.98 Å². The third-order valence-electron chi connectivity index (χ3n) is 5.04. The summed E-state index contributed by atoms with van der Waals surface area (Å²) in [6.07, 6.45) is 8.76. The molecule has 5 heteroatoms. The number of aromatic amines is 1. The highest BCUT2D eigenvalue weighted by Gasteiger charge is 2.19. The minimum Gasteiger partial charge on any atom is -0.359 e. The second-order valence-corrected chi connectivity index (χ2v) is 6.85. The van der Waals surface area contributed by atoms with E-state index in [4.69, 9.17) is 0 Å². The van der Waals surface area contributed by atoms with Crippen molar-refractivity contribution in [3.05, 3.63) is 72.1 Å². The molecule has 5 nitrogen and oxygen atoms in total. The Morgan fingerprint density at radius 1 is 1.19 bits per heavy atom. The summed E-state index contributed by atoms with van der Waals surface area (Å²) in [6, 6.07) is 14.4. The van der Waals surface area contributed by atoms with E-state index in [1.54, 1.807) is 0 Å². The van der Waals surface area contributed by atoms with E-state index in [-0.39, 0.29) is 6.03 Å². The van der Waals surface area contributed by atoms with Crippen molar-refractivity contribution in [1.82, 2.24) is 20.2 Å². The first-order valence-corrected chi connectivity index (χ1v) is 9.49. The normalized spacial score (nSPS) is 14.2. The molecule has 0 saturated carbocycles. The van der Waals surface area contributed by atoms with Crippen molar-refractivity contribution in [2.75, 3.05) is 19.6 Å². The molecule has 0 fully saturated rings. The molecule has 1 aliphatic heterocycles. The van der Waals surface area contributed by atoms with Crippen LogP contribution in [0, 0.1) is 0 Å². The first kappa shape index (κ1) is 17.3. The lowest BCUT2D eigenvalue weighted by molar-refractivity contribution is 0.203. The van der Waals surface area contributed by atoms with Crippen molar-refractivity contribution in [3.8, 4) is 0 Å². The van der Waals surface area contributed by atoms with Crippen molar-refractivity contribution >= 4 is 22.6 Å². The SMILES string of the molecule is O=C(NCCCc1ccccc1)N1CC=C(c2c[nH]c3cccnc23)CC1. The molecule has 2 aromatic heterocycles. The Labute approximate surface area is 159 Å². The second-order valence-electron chi connectivity index (χ2n) is 6.85. The van der Waals surface area contributed by atoms with Crippen LogP contribution in [0.3, 0.4) is 0 Å². The third-order valence-corrected chi connectivity index (χ3v) is 5.04. The molecular weight excluding hydrogens is 336 g/mol. The number of hydrogen-bond acceptors (Lipinski definition) is 2. The average Bonchev–Trinajstić information content (AvgIpc) is 3.16. The van der Waals surface area contributed by atoms with Crippen molar-refractivity contribution in [2.24, 2.45) is 0 Å². The number of nitrogens with one attached hydrogen (secondary N) is 2. The molecule has 0 radical (unpaired) electrons. The van der Waals surface area contributed by atoms with Crippen LogP contribution in [0.1, 0.15) is 24.0 Å². The molecule has 3 heterocycles. The van der Waals surface area contributed by atoms with Crippen LogP contribution in [0.25, 0.3) is 16.6 Å². The van der Waals surface area contributed by atoms with E-state index >= 15 is 0 Å². The van der Waals surface area contributed by atoms with Crippen LogP contribution in [0.2, 0.25) is 0 Å². The monoisotopic (exact) mass is 360 g/mol. The number of urea groups is 1. The Bertz CT molecular complexity index is 945. The molecule has 1 aliphatic rings. The molecule has 138 valence electrons. The van der Waals surface area contributed by atoms with Crippen LogP contribution in [-0.2, 0) is 6.42 Å². The summed E-state index contributed by atoms with van der Waals surface area (Å²) in [5, 5.41) is 3.04. The summed E-state index contributed by atoms with van der Waals surface area (Å²) in [6.45, 7) is 2.07. The van der Waals surface area contributed by atoms with Gasteiger partial charge in [-0.2, -0.15) is 0 Å². The van der Waals surface area contributed by atoms with Crippen LogP contribution in [0.15, 0.2) is 60.9 Å². The van der Waals surface area contributed by atoms with Gasteiger partial charge in [-0.05, 0) is 42.5 Å². The molecule has 0 saturated heterocycles. The lowest BCUT2D eigenvalue weighted by Crippen LogP contribution is -2.42. The number of benzene rings is 1. The number of amides is 2. The smallest absolute Gasteiger partial charge is 0.317 e. The van der Waals surface area contributed by atoms with Crippen molar-refractivity contribution in [2.45, 2.75) is 19.3 Å². The topological polar surface area (TPSA) is 61.0 Å². The van der Waals surface area contributed by atoms with E-state index in [2.05, 4.69) is 45.6 Å². The zero-order chi connectivity index (χ0) is 18.5. The zero-order valence-electron chi connectivity index (χ0n) is 15.3. The van der Waals surface area contributed by atoms with E-state index in [9.17, 15) is 4.79 Å². The molecule has 0 spiro atoms. The zero-order valence-corrected chi connectivity index (χ0v) is 15.3. The van der Waals surface area contributed by atoms with E-state index in [1.165, 1.54) is 11.1 Å². The third kappa shape index (κ3) is 4.03. The van der Waals surface area contributed by atoms with Gasteiger partial charge in [-0.15, -0.1) is 0 Å². The summed E-state index contributed by atoms with van der Waals surface area (Å²) in [7, 11) is 0. The highest BCUT2D eigenvalue weighted by molar-refractivity contribution is 5.90. The number of carbonyl (C=O) groups is 1. The van der Waals surface area contributed by atoms with Crippen LogP contribution < -0.4 is 5.32 Å². The fraction of sp³-hybridized carbons (Fsp3) is 0.273. The Balaban J connectivity index is 1.28. The number of nitrogens with zero attached hydrogens (tertiary/aromatic N) is 2. The fourth-order valence-electron chi connectivity index (χ4n) is 3.54. The van der Waals surface area contributed by atoms with Gasteiger partial charge in [-0.1, -0.05) is 36.4 Å². The maximum atomic E-state index is 12.4. The van der Waals surface area contributed by atoms with Gasteiger partial charge < -0.3 is 15.2 Å². The predicted octanol–water partition coefficient (Wildman–Crippen LogP) is 3.99. The molecule has 27 heavy (non-hydrogen) atoms. The lowest BCUT2D eigenvalue weighted by Gasteiger charge is -2.26. The van der Waals surface area contributed by atoms with E-state index in [0.717, 1.165) is 42.4 Å². The summed E-state index contributed by atoms with van der Waals surface area (Å²) in [4.78, 5) is 22.0. The number of pyridine rings is 1. The number of carbonyl (C=O) groups excluding carboxylic acids is 1. The molecule has 0 aliphatic carbocycles. The number of fused-ring (bicyclic) bond motifs is 1. The number of rotatable bonds is 5. The Morgan fingerprint density at radius 2 is 2.07 bits per heavy atom. The molecule has 0 bridgehead atoms. The van der Waals surface area contributed by atoms with Gasteiger partial charge in [0, 0.05) is 37.6 Å². The number of aryl methyl sites for hydroxylation is 1. The van der Waals surface area contributed by atoms with Gasteiger partial charge in [0.1, 0.15) is 0 Å². The highest BCUT2D eigenvalue weighted by atomic mass is 16.2. The van der Waals surface area contributed by atoms with Crippen LogP contribution in [0.5, 0.6) is 0 Å². The predicted molar refractivity (Wildman–Crippen MR) is 108 cm³/mol. The van der Waals surface area contributed by atoms with Crippen molar-refractivity contribution in [1.29, 1.82) is 0 Å². The minimum absolute atomic E-state index is 0.0235. The summed E-state index contributed by atoms with van der Waals surface area (Å²) in [5.74, 6) is 0. The number of hydrogen-bond donors (Lipinski definition) is 2. The van der Waals surface area contributed by atoms with Crippen LogP contribution in [0.4, 0.5) is 4.79 Å². The maximum Gasteiger partial charge on any atom is 0.317 e. The van der Waals surface area contributed by atoms with Gasteiger partial charge in [0.2, 0.25) is 0 Å². The molecule has 0 unspecified atom stereocenters. The van der Waals surface area contributed by atoms with Crippen molar-refractivity contribution in [3.63, 3.8) is 0 Å². The lowest BCUT2D eigenvalue weighted by atomic mass is 10.0. The summed E-state index contributed by atoms with van der Waals surface area (Å²) >= 11 is 0. The Morgan fingerprint density at radius 3 is 2.89 bits per heavy atom. The van der Waals surface area contributed by atoms with Gasteiger partial charge in [0.25, 0.3) is 0 Å². The highest BCUT2D eigenvalue weighted by Crippen LogP contribution is 2.27. The molecule has 1 aromatic carbocycles. The molecule has 3 aromatic rings. The van der Waals surface area contributed by atoms with Gasteiger partial charge in [-0.25, -0.2) is 4.79 Å². The van der Waals surface area contributed by atoms with Gasteiger partial charge in [0.15, 0.2) is 0 Å². The second kappa shape index (κ2) is 8.08. The van der Waals surface area contributed by atoms with E-state index in [1.807, 2.05) is 35.5 Å². The van der Waals surface area contributed by atoms with E-state index in [0.29, 0.717) is 13.1 Å². The maximum absolute atomic E-state index is 12.4. The quantitative estimate of drug-likeness (QED) is 0.676. The fourth-order valence-corrected chi connectivity index (χ4v) is 3.54. The standard InChI is InChI=1S/C22H24N4O/c27-22(24-13-4-8-17-6-2-1-3-7-17)26-14-10-18(11-15-26)19-16-25-20-9-5-12-23-21(19)20/h1-3,5-7,9-10,12,16,25H,4,8,11,13-15H2,(H,24,27). The number of aromatic nitrogens is 2. The molecule has 4 rings (SSSR count). The average molecular weight is 360 g/mol. The molecular formula is C22H24N4O. The van der Waals surface area contributed by atoms with Gasteiger partial charge >= 0.3 is 6.03 Å². The first-order chi connectivity index (χ1) is 13.3. The van der Waals surface area contributed by atoms with E-state index < -0.39 is 0 Å².